The summed E-state index contributed by atoms with van der Waals surface area (Å²) in [6, 6.07) is 7.77. The summed E-state index contributed by atoms with van der Waals surface area (Å²) < 4.78 is 0. The lowest BCUT2D eigenvalue weighted by molar-refractivity contribution is 0.101. The molecule has 1 aromatic rings. The van der Waals surface area contributed by atoms with Gasteiger partial charge in [-0.2, -0.15) is 0 Å². The summed E-state index contributed by atoms with van der Waals surface area (Å²) in [5, 5.41) is 3.42. The highest BCUT2D eigenvalue weighted by atomic mass is 16.1. The van der Waals surface area contributed by atoms with E-state index < -0.39 is 0 Å². The average Bonchev–Trinajstić information content (AvgIpc) is 2.53. The van der Waals surface area contributed by atoms with Crippen LogP contribution in [0.2, 0.25) is 0 Å². The van der Waals surface area contributed by atoms with Crippen molar-refractivity contribution in [3.63, 3.8) is 0 Å². The monoisotopic (exact) mass is 303 g/mol. The second-order valence-corrected chi connectivity index (χ2v) is 6.24. The third-order valence-corrected chi connectivity index (χ3v) is 4.15. The number of anilines is 1. The number of nitrogens with one attached hydrogen (secondary N) is 1. The number of rotatable bonds is 13. The Hall–Kier alpha value is -1.31. The number of hydrogen-bond donors (Lipinski definition) is 1. The molecule has 1 aromatic carbocycles. The maximum Gasteiger partial charge on any atom is 0.159 e. The minimum atomic E-state index is 0.126. The molecule has 124 valence electrons. The van der Waals surface area contributed by atoms with E-state index in [1.807, 2.05) is 24.3 Å². The molecule has 0 saturated carbocycles. The molecule has 0 fully saturated rings. The van der Waals surface area contributed by atoms with Gasteiger partial charge in [0.15, 0.2) is 5.78 Å². The molecular formula is C20H33NO. The first-order valence-corrected chi connectivity index (χ1v) is 9.09. The van der Waals surface area contributed by atoms with Crippen molar-refractivity contribution in [3.05, 3.63) is 29.8 Å². The second kappa shape index (κ2) is 12.3. The lowest BCUT2D eigenvalue weighted by atomic mass is 10.1. The fraction of sp³-hybridized carbons (Fsp3) is 0.650. The van der Waals surface area contributed by atoms with Gasteiger partial charge < -0.3 is 5.32 Å². The van der Waals surface area contributed by atoms with Crippen LogP contribution in [0.25, 0.3) is 0 Å². The Labute approximate surface area is 136 Å². The summed E-state index contributed by atoms with van der Waals surface area (Å²) in [5.41, 5.74) is 1.89. The van der Waals surface area contributed by atoms with Crippen molar-refractivity contribution in [3.8, 4) is 0 Å². The quantitative estimate of drug-likeness (QED) is 0.346. The maximum absolute atomic E-state index is 11.2. The first-order chi connectivity index (χ1) is 10.7. The zero-order valence-electron chi connectivity index (χ0n) is 14.5. The van der Waals surface area contributed by atoms with Gasteiger partial charge in [-0.15, -0.1) is 0 Å². The lowest BCUT2D eigenvalue weighted by Crippen LogP contribution is -2.01. The standard InChI is InChI=1S/C20H33NO/c1-3-4-5-6-7-8-9-10-11-12-17-21-20-15-13-19(14-16-20)18(2)22/h13-16,21H,3-12,17H2,1-2H3. The summed E-state index contributed by atoms with van der Waals surface area (Å²) >= 11 is 0. The van der Waals surface area contributed by atoms with Crippen LogP contribution in [0.1, 0.15) is 88.4 Å². The van der Waals surface area contributed by atoms with Crippen molar-refractivity contribution in [1.29, 1.82) is 0 Å². The maximum atomic E-state index is 11.2. The van der Waals surface area contributed by atoms with Gasteiger partial charge in [-0.25, -0.2) is 0 Å². The molecule has 22 heavy (non-hydrogen) atoms. The Bertz CT molecular complexity index is 397. The van der Waals surface area contributed by atoms with Crippen LogP contribution in [0.4, 0.5) is 5.69 Å². The highest BCUT2D eigenvalue weighted by molar-refractivity contribution is 5.94. The number of Topliss-reactive ketones (excluding diaryl/α,β-unsaturated/α-hetero) is 1. The molecular weight excluding hydrogens is 270 g/mol. The molecule has 1 N–H and O–H groups in total. The Morgan fingerprint density at radius 1 is 0.818 bits per heavy atom. The third-order valence-electron chi connectivity index (χ3n) is 4.15. The Kier molecular flexibility index (Phi) is 10.4. The minimum Gasteiger partial charge on any atom is -0.385 e. The zero-order chi connectivity index (χ0) is 16.0. The molecule has 0 unspecified atom stereocenters. The van der Waals surface area contributed by atoms with Gasteiger partial charge in [0.25, 0.3) is 0 Å². The van der Waals surface area contributed by atoms with Gasteiger partial charge in [0, 0.05) is 17.8 Å². The predicted octanol–water partition coefficient (Wildman–Crippen LogP) is 6.22. The number of carbonyl (C=O) groups is 1. The first kappa shape index (κ1) is 18.7. The minimum absolute atomic E-state index is 0.126. The van der Waals surface area contributed by atoms with E-state index in [9.17, 15) is 4.79 Å². The van der Waals surface area contributed by atoms with Crippen LogP contribution in [0, 0.1) is 0 Å². The molecule has 0 bridgehead atoms. The molecule has 0 atom stereocenters. The van der Waals surface area contributed by atoms with Crippen LogP contribution in [-0.2, 0) is 0 Å². The van der Waals surface area contributed by atoms with Crippen molar-refractivity contribution < 1.29 is 4.79 Å². The first-order valence-electron chi connectivity index (χ1n) is 9.09. The van der Waals surface area contributed by atoms with Gasteiger partial charge >= 0.3 is 0 Å². The van der Waals surface area contributed by atoms with Crippen LogP contribution in [0.15, 0.2) is 24.3 Å². The summed E-state index contributed by atoms with van der Waals surface area (Å²) in [6.07, 6.45) is 13.7. The number of benzene rings is 1. The van der Waals surface area contributed by atoms with E-state index in [1.165, 1.54) is 64.2 Å². The van der Waals surface area contributed by atoms with E-state index in [-0.39, 0.29) is 5.78 Å². The Morgan fingerprint density at radius 3 is 1.82 bits per heavy atom. The van der Waals surface area contributed by atoms with Crippen LogP contribution >= 0.6 is 0 Å². The SMILES string of the molecule is CCCCCCCCCCCCNc1ccc(C(C)=O)cc1. The van der Waals surface area contributed by atoms with Gasteiger partial charge in [-0.05, 0) is 37.6 Å². The molecule has 1 rings (SSSR count). The molecule has 0 aromatic heterocycles. The lowest BCUT2D eigenvalue weighted by Gasteiger charge is -2.07. The molecule has 0 aliphatic carbocycles. The van der Waals surface area contributed by atoms with E-state index in [4.69, 9.17) is 0 Å². The van der Waals surface area contributed by atoms with Crippen molar-refractivity contribution in [1.82, 2.24) is 0 Å². The zero-order valence-corrected chi connectivity index (χ0v) is 14.5. The Balaban J connectivity index is 1.94. The smallest absolute Gasteiger partial charge is 0.159 e. The fourth-order valence-corrected chi connectivity index (χ4v) is 2.67. The number of hydrogen-bond acceptors (Lipinski definition) is 2. The van der Waals surface area contributed by atoms with E-state index in [0.717, 1.165) is 17.8 Å². The van der Waals surface area contributed by atoms with Crippen molar-refractivity contribution >= 4 is 11.5 Å². The number of ketones is 1. The summed E-state index contributed by atoms with van der Waals surface area (Å²) in [6.45, 7) is 4.90. The summed E-state index contributed by atoms with van der Waals surface area (Å²) in [7, 11) is 0. The molecule has 0 saturated heterocycles. The van der Waals surface area contributed by atoms with E-state index in [0.29, 0.717) is 0 Å². The summed E-state index contributed by atoms with van der Waals surface area (Å²) in [4.78, 5) is 11.2. The molecule has 0 spiro atoms. The molecule has 2 nitrogen and oxygen atoms in total. The summed E-state index contributed by atoms with van der Waals surface area (Å²) in [5.74, 6) is 0.126. The highest BCUT2D eigenvalue weighted by Crippen LogP contribution is 2.12. The molecule has 0 aliphatic rings. The van der Waals surface area contributed by atoms with Gasteiger partial charge in [-0.3, -0.25) is 4.79 Å². The molecule has 2 heteroatoms. The molecule has 0 heterocycles. The van der Waals surface area contributed by atoms with Crippen molar-refractivity contribution in [2.24, 2.45) is 0 Å². The van der Waals surface area contributed by atoms with E-state index >= 15 is 0 Å². The van der Waals surface area contributed by atoms with Crippen LogP contribution in [0.3, 0.4) is 0 Å². The largest absolute Gasteiger partial charge is 0.385 e. The van der Waals surface area contributed by atoms with Gasteiger partial charge in [-0.1, -0.05) is 64.7 Å². The van der Waals surface area contributed by atoms with Crippen molar-refractivity contribution in [2.75, 3.05) is 11.9 Å². The molecule has 0 aliphatic heterocycles. The van der Waals surface area contributed by atoms with E-state index in [1.54, 1.807) is 6.92 Å². The van der Waals surface area contributed by atoms with Crippen molar-refractivity contribution in [2.45, 2.75) is 78.1 Å². The van der Waals surface area contributed by atoms with Gasteiger partial charge in [0.2, 0.25) is 0 Å². The molecule has 0 radical (unpaired) electrons. The molecule has 0 amide bonds. The predicted molar refractivity (Wildman–Crippen MR) is 96.8 cm³/mol. The third kappa shape index (κ3) is 8.86. The number of unbranched alkanes of at least 4 members (excludes halogenated alkanes) is 9. The van der Waals surface area contributed by atoms with Gasteiger partial charge in [0.1, 0.15) is 0 Å². The van der Waals surface area contributed by atoms with Crippen LogP contribution < -0.4 is 5.32 Å². The van der Waals surface area contributed by atoms with Crippen LogP contribution in [-0.4, -0.2) is 12.3 Å². The van der Waals surface area contributed by atoms with E-state index in [2.05, 4.69) is 12.2 Å². The normalized spacial score (nSPS) is 10.6. The van der Waals surface area contributed by atoms with Crippen LogP contribution in [0.5, 0.6) is 0 Å². The Morgan fingerprint density at radius 2 is 1.32 bits per heavy atom. The average molecular weight is 303 g/mol. The second-order valence-electron chi connectivity index (χ2n) is 6.24. The topological polar surface area (TPSA) is 29.1 Å². The number of carbonyl (C=O) groups excluding carboxylic acids is 1. The van der Waals surface area contributed by atoms with Gasteiger partial charge in [0.05, 0.1) is 0 Å². The highest BCUT2D eigenvalue weighted by Gasteiger charge is 1.98. The fourth-order valence-electron chi connectivity index (χ4n) is 2.67.